The van der Waals surface area contributed by atoms with Crippen LogP contribution in [0.1, 0.15) is 11.3 Å². The van der Waals surface area contributed by atoms with E-state index in [0.717, 1.165) is 5.56 Å². The number of nitrogens with zero attached hydrogens (tertiary/aromatic N) is 2. The van der Waals surface area contributed by atoms with Gasteiger partial charge in [0.15, 0.2) is 5.76 Å². The van der Waals surface area contributed by atoms with Gasteiger partial charge in [0.1, 0.15) is 12.3 Å². The zero-order valence-corrected chi connectivity index (χ0v) is 10.6. The summed E-state index contributed by atoms with van der Waals surface area (Å²) in [5.74, 6) is 0.933. The molecule has 2 aromatic rings. The second-order valence-corrected chi connectivity index (χ2v) is 3.75. The number of rotatable bonds is 5. The SMILES string of the molecule is COc1cnc(C(=CN)OCc2ccccc2)cn1. The minimum atomic E-state index is 0.428. The summed E-state index contributed by atoms with van der Waals surface area (Å²) in [7, 11) is 1.54. The van der Waals surface area contributed by atoms with Crippen LogP contribution in [0, 0.1) is 0 Å². The second-order valence-electron chi connectivity index (χ2n) is 3.75. The van der Waals surface area contributed by atoms with Crippen molar-refractivity contribution in [2.45, 2.75) is 6.61 Å². The number of nitrogens with two attached hydrogens (primary N) is 1. The van der Waals surface area contributed by atoms with Crippen LogP contribution in [-0.4, -0.2) is 17.1 Å². The quantitative estimate of drug-likeness (QED) is 0.829. The Balaban J connectivity index is 2.04. The van der Waals surface area contributed by atoms with Gasteiger partial charge in [-0.2, -0.15) is 0 Å². The molecule has 2 N–H and O–H groups in total. The molecule has 0 spiro atoms. The molecule has 0 saturated heterocycles. The number of ether oxygens (including phenoxy) is 2. The van der Waals surface area contributed by atoms with Crippen molar-refractivity contribution in [1.82, 2.24) is 9.97 Å². The molecule has 5 heteroatoms. The molecule has 19 heavy (non-hydrogen) atoms. The summed E-state index contributed by atoms with van der Waals surface area (Å²) in [5, 5.41) is 0. The van der Waals surface area contributed by atoms with Crippen molar-refractivity contribution in [1.29, 1.82) is 0 Å². The topological polar surface area (TPSA) is 70.3 Å². The zero-order valence-electron chi connectivity index (χ0n) is 10.6. The van der Waals surface area contributed by atoms with Crippen LogP contribution in [-0.2, 0) is 11.3 Å². The number of aromatic nitrogens is 2. The fourth-order valence-corrected chi connectivity index (χ4v) is 1.49. The molecule has 0 bridgehead atoms. The van der Waals surface area contributed by atoms with Crippen LogP contribution < -0.4 is 10.5 Å². The third-order valence-corrected chi connectivity index (χ3v) is 2.48. The van der Waals surface area contributed by atoms with Crippen molar-refractivity contribution in [2.75, 3.05) is 7.11 Å². The Hall–Kier alpha value is -2.56. The largest absolute Gasteiger partial charge is 0.485 e. The molecule has 0 aliphatic carbocycles. The van der Waals surface area contributed by atoms with Gasteiger partial charge >= 0.3 is 0 Å². The Morgan fingerprint density at radius 3 is 2.58 bits per heavy atom. The van der Waals surface area contributed by atoms with Gasteiger partial charge < -0.3 is 15.2 Å². The summed E-state index contributed by atoms with van der Waals surface area (Å²) in [6.07, 6.45) is 4.45. The van der Waals surface area contributed by atoms with Crippen molar-refractivity contribution in [3.63, 3.8) is 0 Å². The lowest BCUT2D eigenvalue weighted by Gasteiger charge is -2.09. The number of hydrogen-bond acceptors (Lipinski definition) is 5. The molecule has 2 rings (SSSR count). The van der Waals surface area contributed by atoms with Crippen molar-refractivity contribution >= 4 is 5.76 Å². The third-order valence-electron chi connectivity index (χ3n) is 2.48. The van der Waals surface area contributed by atoms with E-state index < -0.39 is 0 Å². The monoisotopic (exact) mass is 257 g/mol. The Morgan fingerprint density at radius 2 is 2.00 bits per heavy atom. The van der Waals surface area contributed by atoms with Crippen molar-refractivity contribution in [2.24, 2.45) is 5.73 Å². The van der Waals surface area contributed by atoms with E-state index in [-0.39, 0.29) is 0 Å². The predicted octanol–water partition coefficient (Wildman–Crippen LogP) is 1.96. The highest BCUT2D eigenvalue weighted by molar-refractivity contribution is 5.54. The fourth-order valence-electron chi connectivity index (χ4n) is 1.49. The minimum absolute atomic E-state index is 0.428. The standard InChI is InChI=1S/C14H15N3O2/c1-18-14-9-16-12(8-17-14)13(7-15)19-10-11-5-3-2-4-6-11/h2-9H,10,15H2,1H3. The molecule has 0 atom stereocenters. The third kappa shape index (κ3) is 3.45. The van der Waals surface area contributed by atoms with E-state index in [2.05, 4.69) is 9.97 Å². The maximum Gasteiger partial charge on any atom is 0.232 e. The summed E-state index contributed by atoms with van der Waals surface area (Å²) >= 11 is 0. The van der Waals surface area contributed by atoms with Gasteiger partial charge in [-0.15, -0.1) is 0 Å². The maximum absolute atomic E-state index is 5.63. The van der Waals surface area contributed by atoms with Crippen LogP contribution in [0.5, 0.6) is 5.88 Å². The molecule has 98 valence electrons. The van der Waals surface area contributed by atoms with Crippen LogP contribution in [0.3, 0.4) is 0 Å². The molecule has 0 radical (unpaired) electrons. The molecular weight excluding hydrogens is 242 g/mol. The summed E-state index contributed by atoms with van der Waals surface area (Å²) in [6.45, 7) is 0.428. The number of methoxy groups -OCH3 is 1. The first-order chi connectivity index (χ1) is 9.33. The number of benzene rings is 1. The van der Waals surface area contributed by atoms with Crippen molar-refractivity contribution < 1.29 is 9.47 Å². The molecule has 0 amide bonds. The molecule has 0 aliphatic rings. The van der Waals surface area contributed by atoms with Crippen molar-refractivity contribution in [3.8, 4) is 5.88 Å². The summed E-state index contributed by atoms with van der Waals surface area (Å²) in [5.41, 5.74) is 7.18. The van der Waals surface area contributed by atoms with Gasteiger partial charge in [0.2, 0.25) is 5.88 Å². The highest BCUT2D eigenvalue weighted by atomic mass is 16.5. The van der Waals surface area contributed by atoms with Crippen LogP contribution in [0.15, 0.2) is 48.9 Å². The molecule has 5 nitrogen and oxygen atoms in total. The van der Waals surface area contributed by atoms with E-state index in [1.165, 1.54) is 19.5 Å². The zero-order chi connectivity index (χ0) is 13.5. The molecule has 0 aliphatic heterocycles. The maximum atomic E-state index is 5.63. The lowest BCUT2D eigenvalue weighted by molar-refractivity contribution is 0.262. The lowest BCUT2D eigenvalue weighted by Crippen LogP contribution is -2.00. The Morgan fingerprint density at radius 1 is 1.21 bits per heavy atom. The Kier molecular flexibility index (Phi) is 4.34. The lowest BCUT2D eigenvalue weighted by atomic mass is 10.2. The van der Waals surface area contributed by atoms with Gasteiger partial charge in [0, 0.05) is 6.20 Å². The molecule has 0 saturated carbocycles. The first-order valence-electron chi connectivity index (χ1n) is 5.78. The first-order valence-corrected chi connectivity index (χ1v) is 5.78. The molecule has 0 fully saturated rings. The van der Waals surface area contributed by atoms with E-state index in [1.54, 1.807) is 6.20 Å². The van der Waals surface area contributed by atoms with Gasteiger partial charge in [-0.3, -0.25) is 0 Å². The van der Waals surface area contributed by atoms with Crippen LogP contribution in [0.25, 0.3) is 5.76 Å². The van der Waals surface area contributed by atoms with E-state index >= 15 is 0 Å². The van der Waals surface area contributed by atoms with Crippen LogP contribution in [0.2, 0.25) is 0 Å². The molecule has 1 aromatic carbocycles. The van der Waals surface area contributed by atoms with E-state index in [9.17, 15) is 0 Å². The normalized spacial score (nSPS) is 11.1. The fraction of sp³-hybridized carbons (Fsp3) is 0.143. The Labute approximate surface area is 111 Å². The van der Waals surface area contributed by atoms with E-state index in [1.807, 2.05) is 30.3 Å². The highest BCUT2D eigenvalue weighted by Crippen LogP contribution is 2.15. The van der Waals surface area contributed by atoms with Gasteiger partial charge in [-0.05, 0) is 5.56 Å². The van der Waals surface area contributed by atoms with Gasteiger partial charge in [-0.25, -0.2) is 9.97 Å². The smallest absolute Gasteiger partial charge is 0.232 e. The summed E-state index contributed by atoms with van der Waals surface area (Å²) in [6, 6.07) is 9.83. The van der Waals surface area contributed by atoms with Gasteiger partial charge in [0.05, 0.1) is 19.5 Å². The van der Waals surface area contributed by atoms with Gasteiger partial charge in [0.25, 0.3) is 0 Å². The minimum Gasteiger partial charge on any atom is -0.485 e. The van der Waals surface area contributed by atoms with Crippen LogP contribution >= 0.6 is 0 Å². The molecule has 1 heterocycles. The first kappa shape index (κ1) is 12.9. The number of hydrogen-bond donors (Lipinski definition) is 1. The Bertz CT molecular complexity index is 538. The average Bonchev–Trinajstić information content (AvgIpc) is 2.49. The van der Waals surface area contributed by atoms with E-state index in [4.69, 9.17) is 15.2 Å². The molecular formula is C14H15N3O2. The van der Waals surface area contributed by atoms with Crippen LogP contribution in [0.4, 0.5) is 0 Å². The second kappa shape index (κ2) is 6.39. The predicted molar refractivity (Wildman–Crippen MR) is 72.0 cm³/mol. The van der Waals surface area contributed by atoms with Crippen molar-refractivity contribution in [3.05, 3.63) is 60.2 Å². The average molecular weight is 257 g/mol. The van der Waals surface area contributed by atoms with Gasteiger partial charge in [-0.1, -0.05) is 30.3 Å². The highest BCUT2D eigenvalue weighted by Gasteiger charge is 2.05. The molecule has 1 aromatic heterocycles. The summed E-state index contributed by atoms with van der Waals surface area (Å²) in [4.78, 5) is 8.23. The molecule has 0 unspecified atom stereocenters. The summed E-state index contributed by atoms with van der Waals surface area (Å²) < 4.78 is 10.6. The van der Waals surface area contributed by atoms with E-state index in [0.29, 0.717) is 23.9 Å².